The molecule has 9 heteroatoms. The highest BCUT2D eigenvalue weighted by molar-refractivity contribution is 6.35. The highest BCUT2D eigenvalue weighted by Crippen LogP contribution is 2.40. The van der Waals surface area contributed by atoms with Crippen molar-refractivity contribution in [2.24, 2.45) is 0 Å². The SMILES string of the molecule is COc1nc2c(c(N3Cc4c(F)ncn4CC3C)n1)COC(c1cccc3cccc(Cl)c13)C2. The summed E-state index contributed by atoms with van der Waals surface area (Å²) >= 11 is 6.57. The molecule has 0 fully saturated rings. The van der Waals surface area contributed by atoms with Crippen LogP contribution in [0.2, 0.25) is 5.02 Å². The molecule has 4 aromatic rings. The molecule has 0 N–H and O–H groups in total. The molecule has 2 aliphatic rings. The van der Waals surface area contributed by atoms with Crippen LogP contribution in [0, 0.1) is 5.95 Å². The van der Waals surface area contributed by atoms with Crippen LogP contribution in [0.4, 0.5) is 10.2 Å². The van der Waals surface area contributed by atoms with Crippen molar-refractivity contribution in [1.82, 2.24) is 19.5 Å². The third kappa shape index (κ3) is 3.40. The summed E-state index contributed by atoms with van der Waals surface area (Å²) in [6.45, 7) is 3.41. The Morgan fingerprint density at radius 2 is 2.00 bits per heavy atom. The second-order valence-electron chi connectivity index (χ2n) is 8.76. The minimum Gasteiger partial charge on any atom is -0.467 e. The number of fused-ring (bicyclic) bond motifs is 3. The highest BCUT2D eigenvalue weighted by atomic mass is 35.5. The molecule has 0 saturated carbocycles. The highest BCUT2D eigenvalue weighted by Gasteiger charge is 2.33. The van der Waals surface area contributed by atoms with Crippen molar-refractivity contribution < 1.29 is 13.9 Å². The van der Waals surface area contributed by atoms with Crippen LogP contribution in [0.5, 0.6) is 6.01 Å². The number of methoxy groups -OCH3 is 1. The average molecular weight is 480 g/mol. The van der Waals surface area contributed by atoms with E-state index in [-0.39, 0.29) is 18.2 Å². The molecule has 6 rings (SSSR count). The third-order valence-corrected chi connectivity index (χ3v) is 7.07. The predicted octanol–water partition coefficient (Wildman–Crippen LogP) is 4.85. The lowest BCUT2D eigenvalue weighted by atomic mass is 9.94. The molecular formula is C25H23ClFN5O2. The van der Waals surface area contributed by atoms with Gasteiger partial charge >= 0.3 is 6.01 Å². The van der Waals surface area contributed by atoms with E-state index >= 15 is 0 Å². The summed E-state index contributed by atoms with van der Waals surface area (Å²) in [6.07, 6.45) is 1.90. The fourth-order valence-electron chi connectivity index (χ4n) is 5.03. The second-order valence-corrected chi connectivity index (χ2v) is 9.17. The van der Waals surface area contributed by atoms with Crippen molar-refractivity contribution >= 4 is 28.2 Å². The molecule has 7 nitrogen and oxygen atoms in total. The Kier molecular flexibility index (Phi) is 5.15. The number of anilines is 1. The van der Waals surface area contributed by atoms with E-state index in [0.717, 1.165) is 33.4 Å². The molecule has 4 heterocycles. The van der Waals surface area contributed by atoms with Crippen LogP contribution in [0.1, 0.15) is 35.5 Å². The molecule has 2 aliphatic heterocycles. The van der Waals surface area contributed by atoms with Gasteiger partial charge in [0.15, 0.2) is 0 Å². The standard InChI is InChI=1S/C25H23ClFN5O2/c1-14-10-31-13-28-23(27)20(31)11-32(14)24-17-12-34-21(9-19(17)29-25(30-24)33-2)16-7-3-5-15-6-4-8-18(26)22(15)16/h3-8,13-14,21H,9-12H2,1-2H3. The molecule has 0 aliphatic carbocycles. The molecule has 0 bridgehead atoms. The van der Waals surface area contributed by atoms with Gasteiger partial charge in [-0.1, -0.05) is 41.9 Å². The Morgan fingerprint density at radius 3 is 2.82 bits per heavy atom. The van der Waals surface area contributed by atoms with Crippen LogP contribution in [-0.2, 0) is 30.9 Å². The second kappa shape index (κ2) is 8.21. The van der Waals surface area contributed by atoms with Crippen molar-refractivity contribution in [2.45, 2.75) is 45.2 Å². The van der Waals surface area contributed by atoms with Crippen LogP contribution in [-0.4, -0.2) is 32.7 Å². The predicted molar refractivity (Wildman–Crippen MR) is 127 cm³/mol. The maximum absolute atomic E-state index is 14.3. The van der Waals surface area contributed by atoms with Gasteiger partial charge in [0.25, 0.3) is 0 Å². The van der Waals surface area contributed by atoms with E-state index < -0.39 is 5.95 Å². The molecule has 2 aromatic heterocycles. The number of aromatic nitrogens is 4. The number of rotatable bonds is 3. The van der Waals surface area contributed by atoms with Crippen LogP contribution >= 0.6 is 11.6 Å². The quantitative estimate of drug-likeness (QED) is 0.418. The van der Waals surface area contributed by atoms with Crippen LogP contribution in [0.15, 0.2) is 42.7 Å². The van der Waals surface area contributed by atoms with Gasteiger partial charge in [-0.25, -0.2) is 4.98 Å². The smallest absolute Gasteiger partial charge is 0.318 e. The lowest BCUT2D eigenvalue weighted by molar-refractivity contribution is 0.0266. The summed E-state index contributed by atoms with van der Waals surface area (Å²) in [5, 5.41) is 2.76. The first-order valence-corrected chi connectivity index (χ1v) is 11.6. The molecular weight excluding hydrogens is 457 g/mol. The number of ether oxygens (including phenoxy) is 2. The topological polar surface area (TPSA) is 65.3 Å². The molecule has 0 radical (unpaired) electrons. The van der Waals surface area contributed by atoms with E-state index in [2.05, 4.69) is 32.8 Å². The first-order chi connectivity index (χ1) is 16.5. The van der Waals surface area contributed by atoms with Gasteiger partial charge in [0.05, 0.1) is 44.1 Å². The monoisotopic (exact) mass is 479 g/mol. The van der Waals surface area contributed by atoms with Gasteiger partial charge in [-0.05, 0) is 23.9 Å². The van der Waals surface area contributed by atoms with Crippen molar-refractivity contribution in [3.63, 3.8) is 0 Å². The number of hydrogen-bond donors (Lipinski definition) is 0. The zero-order chi connectivity index (χ0) is 23.4. The van der Waals surface area contributed by atoms with E-state index in [0.29, 0.717) is 36.8 Å². The largest absolute Gasteiger partial charge is 0.467 e. The van der Waals surface area contributed by atoms with Gasteiger partial charge in [-0.15, -0.1) is 0 Å². The summed E-state index contributed by atoms with van der Waals surface area (Å²) in [6, 6.07) is 12.4. The first kappa shape index (κ1) is 21.3. The summed E-state index contributed by atoms with van der Waals surface area (Å²) in [5.41, 5.74) is 3.35. The van der Waals surface area contributed by atoms with E-state index in [1.54, 1.807) is 13.4 Å². The Balaban J connectivity index is 1.41. The van der Waals surface area contributed by atoms with E-state index in [9.17, 15) is 4.39 Å². The van der Waals surface area contributed by atoms with E-state index in [4.69, 9.17) is 21.1 Å². The molecule has 34 heavy (non-hydrogen) atoms. The normalized spacial score (nSPS) is 19.7. The van der Waals surface area contributed by atoms with Crippen LogP contribution in [0.25, 0.3) is 10.8 Å². The summed E-state index contributed by atoms with van der Waals surface area (Å²) in [4.78, 5) is 15.3. The Labute approximate surface area is 201 Å². The summed E-state index contributed by atoms with van der Waals surface area (Å²) in [7, 11) is 1.56. The number of halogens is 2. The molecule has 0 spiro atoms. The third-order valence-electron chi connectivity index (χ3n) is 6.75. The number of benzene rings is 2. The molecule has 2 aromatic carbocycles. The molecule has 174 valence electrons. The van der Waals surface area contributed by atoms with Crippen LogP contribution < -0.4 is 9.64 Å². The molecule has 0 amide bonds. The van der Waals surface area contributed by atoms with Gasteiger partial charge in [-0.3, -0.25) is 0 Å². The summed E-state index contributed by atoms with van der Waals surface area (Å²) in [5.74, 6) is 0.270. The summed E-state index contributed by atoms with van der Waals surface area (Å²) < 4.78 is 28.0. The van der Waals surface area contributed by atoms with Crippen molar-refractivity contribution in [3.8, 4) is 6.01 Å². The van der Waals surface area contributed by atoms with Crippen molar-refractivity contribution in [2.75, 3.05) is 12.0 Å². The van der Waals surface area contributed by atoms with E-state index in [1.165, 1.54) is 0 Å². The first-order valence-electron chi connectivity index (χ1n) is 11.2. The van der Waals surface area contributed by atoms with Gasteiger partial charge in [0.1, 0.15) is 5.82 Å². The number of hydrogen-bond acceptors (Lipinski definition) is 6. The fourth-order valence-corrected chi connectivity index (χ4v) is 5.32. The van der Waals surface area contributed by atoms with E-state index in [1.807, 2.05) is 34.9 Å². The van der Waals surface area contributed by atoms with Gasteiger partial charge in [0, 0.05) is 35.0 Å². The maximum Gasteiger partial charge on any atom is 0.318 e. The lowest BCUT2D eigenvalue weighted by Gasteiger charge is -2.37. The van der Waals surface area contributed by atoms with Crippen LogP contribution in [0.3, 0.4) is 0 Å². The van der Waals surface area contributed by atoms with Crippen molar-refractivity contribution in [3.05, 3.63) is 76.2 Å². The molecule has 0 saturated heterocycles. The Morgan fingerprint density at radius 1 is 1.18 bits per heavy atom. The average Bonchev–Trinajstić information content (AvgIpc) is 3.21. The number of nitrogens with zero attached hydrogens (tertiary/aromatic N) is 5. The van der Waals surface area contributed by atoms with Gasteiger partial charge in [0.2, 0.25) is 5.95 Å². The zero-order valence-corrected chi connectivity index (χ0v) is 19.6. The minimum atomic E-state index is -0.448. The van der Waals surface area contributed by atoms with Gasteiger partial charge in [-0.2, -0.15) is 14.4 Å². The fraction of sp³-hybridized carbons (Fsp3) is 0.320. The minimum absolute atomic E-state index is 0.0828. The molecule has 2 unspecified atom stereocenters. The Bertz CT molecular complexity index is 1400. The van der Waals surface area contributed by atoms with Crippen molar-refractivity contribution in [1.29, 1.82) is 0 Å². The lowest BCUT2D eigenvalue weighted by Crippen LogP contribution is -2.42. The molecule has 2 atom stereocenters. The maximum atomic E-state index is 14.3. The Hall–Kier alpha value is -3.23. The zero-order valence-electron chi connectivity index (χ0n) is 18.8. The number of imidazole rings is 1. The van der Waals surface area contributed by atoms with Gasteiger partial charge < -0.3 is 18.9 Å².